The second kappa shape index (κ2) is 7.25. The van der Waals surface area contributed by atoms with Gasteiger partial charge in [0.05, 0.1) is 10.6 Å². The molecule has 1 aliphatic rings. The van der Waals surface area contributed by atoms with Gasteiger partial charge in [0.1, 0.15) is 22.5 Å². The lowest BCUT2D eigenvalue weighted by Gasteiger charge is -2.15. The van der Waals surface area contributed by atoms with Crippen LogP contribution < -0.4 is 0 Å². The molecule has 0 fully saturated rings. The lowest BCUT2D eigenvalue weighted by Crippen LogP contribution is -2.18. The number of thiazole rings is 1. The van der Waals surface area contributed by atoms with Gasteiger partial charge in [0.2, 0.25) is 0 Å². The van der Waals surface area contributed by atoms with Gasteiger partial charge in [-0.15, -0.1) is 16.4 Å². The van der Waals surface area contributed by atoms with E-state index in [0.717, 1.165) is 51.8 Å². The zero-order chi connectivity index (χ0) is 17.9. The van der Waals surface area contributed by atoms with Crippen LogP contribution in [0.1, 0.15) is 38.1 Å². The number of fused-ring (bicyclic) bond motifs is 1. The lowest BCUT2D eigenvalue weighted by molar-refractivity contribution is 0.0854. The Morgan fingerprint density at radius 1 is 1.19 bits per heavy atom. The highest BCUT2D eigenvalue weighted by molar-refractivity contribution is 7.18. The summed E-state index contributed by atoms with van der Waals surface area (Å²) >= 11 is 1.52. The van der Waals surface area contributed by atoms with Crippen molar-refractivity contribution in [2.24, 2.45) is 5.16 Å². The second-order valence-corrected chi connectivity index (χ2v) is 7.28. The maximum atomic E-state index is 5.43. The second-order valence-electron chi connectivity index (χ2n) is 6.25. The van der Waals surface area contributed by atoms with E-state index in [2.05, 4.69) is 25.3 Å². The molecule has 0 saturated carbocycles. The molecular weight excluding hydrogens is 348 g/mol. The Balaban J connectivity index is 1.68. The van der Waals surface area contributed by atoms with E-state index in [1.165, 1.54) is 11.3 Å². The number of aromatic nitrogens is 5. The van der Waals surface area contributed by atoms with E-state index in [1.54, 1.807) is 18.6 Å². The molecule has 0 aromatic carbocycles. The van der Waals surface area contributed by atoms with Gasteiger partial charge in [0.15, 0.2) is 5.82 Å². The molecule has 4 rings (SSSR count). The van der Waals surface area contributed by atoms with Crippen LogP contribution in [0, 0.1) is 0 Å². The third-order valence-corrected chi connectivity index (χ3v) is 4.91. The number of oxime groups is 1. The topological polar surface area (TPSA) is 86.0 Å². The minimum absolute atomic E-state index is 0.0330. The minimum atomic E-state index is 0.0330. The fourth-order valence-electron chi connectivity index (χ4n) is 2.65. The molecule has 0 unspecified atom stereocenters. The van der Waals surface area contributed by atoms with Crippen LogP contribution in [0.25, 0.3) is 21.3 Å². The summed E-state index contributed by atoms with van der Waals surface area (Å²) in [4.78, 5) is 19.6. The highest BCUT2D eigenvalue weighted by Crippen LogP contribution is 2.30. The minimum Gasteiger partial charge on any atom is -0.393 e. The molecule has 26 heavy (non-hydrogen) atoms. The van der Waals surface area contributed by atoms with Crippen molar-refractivity contribution < 1.29 is 4.84 Å². The molecule has 3 aromatic rings. The molecule has 0 saturated heterocycles. The SMILES string of the molecule is CC(C)ON=C1CCCc2nnc(-c3cnc(-c4cccnc4)s3)nc21. The van der Waals surface area contributed by atoms with Crippen molar-refractivity contribution in [1.82, 2.24) is 25.1 Å². The monoisotopic (exact) mass is 366 g/mol. The van der Waals surface area contributed by atoms with Gasteiger partial charge in [-0.05, 0) is 45.2 Å². The Hall–Kier alpha value is -2.74. The number of hydrogen-bond acceptors (Lipinski definition) is 8. The smallest absolute Gasteiger partial charge is 0.194 e. The number of pyridine rings is 1. The van der Waals surface area contributed by atoms with Gasteiger partial charge < -0.3 is 4.84 Å². The Labute approximate surface area is 155 Å². The molecular formula is C18H18N6OS. The van der Waals surface area contributed by atoms with Crippen LogP contribution in [0.5, 0.6) is 0 Å². The van der Waals surface area contributed by atoms with Gasteiger partial charge in [-0.3, -0.25) is 4.98 Å². The third kappa shape index (κ3) is 3.45. The molecule has 132 valence electrons. The molecule has 0 radical (unpaired) electrons. The standard InChI is InChI=1S/C18H18N6OS/c1-11(2)25-24-14-7-3-6-13-16(14)21-17(23-22-13)15-10-20-18(26-15)12-5-4-8-19-9-12/h4-5,8-11H,3,6-7H2,1-2H3. The van der Waals surface area contributed by atoms with Gasteiger partial charge in [-0.2, -0.15) is 5.10 Å². The van der Waals surface area contributed by atoms with Crippen molar-refractivity contribution in [2.75, 3.05) is 0 Å². The van der Waals surface area contributed by atoms with Gasteiger partial charge >= 0.3 is 0 Å². The first-order valence-corrected chi connectivity index (χ1v) is 9.35. The van der Waals surface area contributed by atoms with E-state index >= 15 is 0 Å². The summed E-state index contributed by atoms with van der Waals surface area (Å²) in [6, 6.07) is 3.88. The molecule has 1 aliphatic carbocycles. The summed E-state index contributed by atoms with van der Waals surface area (Å²) in [5.41, 5.74) is 3.48. The quantitative estimate of drug-likeness (QED) is 0.657. The molecule has 3 aromatic heterocycles. The average Bonchev–Trinajstić information content (AvgIpc) is 3.17. The van der Waals surface area contributed by atoms with Gasteiger partial charge in [-0.1, -0.05) is 5.16 Å². The Morgan fingerprint density at radius 3 is 2.92 bits per heavy atom. The predicted molar refractivity (Wildman–Crippen MR) is 99.9 cm³/mol. The molecule has 0 spiro atoms. The van der Waals surface area contributed by atoms with Crippen LogP contribution in [0.4, 0.5) is 0 Å². The van der Waals surface area contributed by atoms with Crippen LogP contribution in [-0.2, 0) is 11.3 Å². The normalized spacial score (nSPS) is 15.3. The molecule has 7 nitrogen and oxygen atoms in total. The zero-order valence-corrected chi connectivity index (χ0v) is 15.4. The van der Waals surface area contributed by atoms with Crippen LogP contribution in [0.3, 0.4) is 0 Å². The average molecular weight is 366 g/mol. The summed E-state index contributed by atoms with van der Waals surface area (Å²) in [7, 11) is 0. The molecule has 0 aliphatic heterocycles. The van der Waals surface area contributed by atoms with E-state index in [4.69, 9.17) is 9.82 Å². The van der Waals surface area contributed by atoms with Crippen molar-refractivity contribution in [3.8, 4) is 21.3 Å². The number of aryl methyl sites for hydroxylation is 1. The molecule has 0 atom stereocenters. The summed E-state index contributed by atoms with van der Waals surface area (Å²) < 4.78 is 0. The maximum absolute atomic E-state index is 5.43. The van der Waals surface area contributed by atoms with E-state index < -0.39 is 0 Å². The first-order chi connectivity index (χ1) is 12.7. The number of nitrogens with zero attached hydrogens (tertiary/aromatic N) is 6. The van der Waals surface area contributed by atoms with E-state index in [9.17, 15) is 0 Å². The molecule has 0 amide bonds. The Bertz CT molecular complexity index is 938. The number of rotatable bonds is 4. The van der Waals surface area contributed by atoms with Crippen LogP contribution in [0.2, 0.25) is 0 Å². The highest BCUT2D eigenvalue weighted by Gasteiger charge is 2.22. The largest absolute Gasteiger partial charge is 0.393 e. The van der Waals surface area contributed by atoms with E-state index in [1.807, 2.05) is 26.0 Å². The van der Waals surface area contributed by atoms with Crippen LogP contribution in [0.15, 0.2) is 35.9 Å². The predicted octanol–water partition coefficient (Wildman–Crippen LogP) is 3.52. The zero-order valence-electron chi connectivity index (χ0n) is 14.6. The highest BCUT2D eigenvalue weighted by atomic mass is 32.1. The molecule has 8 heteroatoms. The summed E-state index contributed by atoms with van der Waals surface area (Å²) in [5.74, 6) is 0.565. The third-order valence-electron chi connectivity index (χ3n) is 3.87. The first kappa shape index (κ1) is 16.7. The maximum Gasteiger partial charge on any atom is 0.194 e. The summed E-state index contributed by atoms with van der Waals surface area (Å²) in [6.45, 7) is 3.91. The van der Waals surface area contributed by atoms with E-state index in [-0.39, 0.29) is 6.10 Å². The first-order valence-electron chi connectivity index (χ1n) is 8.54. The van der Waals surface area contributed by atoms with Gasteiger partial charge in [-0.25, -0.2) is 9.97 Å². The Kier molecular flexibility index (Phi) is 4.66. The van der Waals surface area contributed by atoms with Gasteiger partial charge in [0, 0.05) is 24.2 Å². The van der Waals surface area contributed by atoms with Crippen molar-refractivity contribution in [3.63, 3.8) is 0 Å². The molecule has 3 heterocycles. The van der Waals surface area contributed by atoms with Crippen molar-refractivity contribution in [1.29, 1.82) is 0 Å². The van der Waals surface area contributed by atoms with Crippen molar-refractivity contribution in [2.45, 2.75) is 39.2 Å². The molecule has 0 bridgehead atoms. The summed E-state index contributed by atoms with van der Waals surface area (Å²) in [6.07, 6.45) is 8.03. The van der Waals surface area contributed by atoms with Crippen molar-refractivity contribution in [3.05, 3.63) is 42.1 Å². The fraction of sp³-hybridized carbons (Fsp3) is 0.333. The van der Waals surface area contributed by atoms with Crippen molar-refractivity contribution >= 4 is 17.0 Å². The Morgan fingerprint density at radius 2 is 2.12 bits per heavy atom. The lowest BCUT2D eigenvalue weighted by atomic mass is 9.99. The van der Waals surface area contributed by atoms with Crippen LogP contribution in [-0.4, -0.2) is 37.0 Å². The summed E-state index contributed by atoms with van der Waals surface area (Å²) in [5, 5.41) is 13.8. The molecule has 0 N–H and O–H groups in total. The number of hydrogen-bond donors (Lipinski definition) is 0. The fourth-order valence-corrected chi connectivity index (χ4v) is 3.49. The van der Waals surface area contributed by atoms with Crippen LogP contribution >= 0.6 is 11.3 Å². The van der Waals surface area contributed by atoms with Gasteiger partial charge in [0.25, 0.3) is 0 Å². The van der Waals surface area contributed by atoms with E-state index in [0.29, 0.717) is 5.82 Å².